The summed E-state index contributed by atoms with van der Waals surface area (Å²) in [5.74, 6) is 0.961. The molecule has 1 unspecified atom stereocenters. The molecule has 1 aromatic rings. The Morgan fingerprint density at radius 1 is 1.24 bits per heavy atom. The van der Waals surface area contributed by atoms with Crippen molar-refractivity contribution in [1.29, 1.82) is 0 Å². The van der Waals surface area contributed by atoms with E-state index in [-0.39, 0.29) is 18.2 Å². The average molecular weight is 292 g/mol. The fourth-order valence-corrected chi connectivity index (χ4v) is 2.07. The highest BCUT2D eigenvalue weighted by Gasteiger charge is 2.16. The lowest BCUT2D eigenvalue weighted by molar-refractivity contribution is -0.128. The fraction of sp³-hybridized carbons (Fsp3) is 0.467. The van der Waals surface area contributed by atoms with Gasteiger partial charge in [-0.05, 0) is 31.5 Å². The smallest absolute Gasteiger partial charge is 0.242 e. The molecule has 0 fully saturated rings. The normalized spacial score (nSPS) is 14.2. The minimum atomic E-state index is -0.547. The van der Waals surface area contributed by atoms with Crippen LogP contribution in [0.4, 0.5) is 0 Å². The van der Waals surface area contributed by atoms with Crippen LogP contribution < -0.4 is 20.1 Å². The molecule has 2 N–H and O–H groups in total. The minimum Gasteiger partial charge on any atom is -0.486 e. The molecule has 2 rings (SSSR count). The van der Waals surface area contributed by atoms with E-state index >= 15 is 0 Å². The molecular formula is C15H20N2O4. The van der Waals surface area contributed by atoms with Crippen molar-refractivity contribution in [2.24, 2.45) is 0 Å². The van der Waals surface area contributed by atoms with Gasteiger partial charge in [-0.3, -0.25) is 9.59 Å². The second kappa shape index (κ2) is 6.97. The molecule has 1 aliphatic heterocycles. The summed E-state index contributed by atoms with van der Waals surface area (Å²) >= 11 is 0. The van der Waals surface area contributed by atoms with Gasteiger partial charge < -0.3 is 20.1 Å². The zero-order valence-corrected chi connectivity index (χ0v) is 12.3. The lowest BCUT2D eigenvalue weighted by atomic mass is 10.1. The van der Waals surface area contributed by atoms with Gasteiger partial charge in [0, 0.05) is 6.54 Å². The van der Waals surface area contributed by atoms with Crippen molar-refractivity contribution in [2.75, 3.05) is 19.8 Å². The molecule has 114 valence electrons. The van der Waals surface area contributed by atoms with E-state index in [4.69, 9.17) is 9.47 Å². The largest absolute Gasteiger partial charge is 0.486 e. The molecule has 1 atom stereocenters. The summed E-state index contributed by atoms with van der Waals surface area (Å²) in [7, 11) is 0. The van der Waals surface area contributed by atoms with Crippen LogP contribution in [0.5, 0.6) is 11.5 Å². The molecule has 1 aromatic carbocycles. The molecule has 1 heterocycles. The molecule has 6 nitrogen and oxygen atoms in total. The lowest BCUT2D eigenvalue weighted by Gasteiger charge is -2.19. The van der Waals surface area contributed by atoms with Gasteiger partial charge in [-0.2, -0.15) is 0 Å². The Morgan fingerprint density at radius 2 is 1.95 bits per heavy atom. The number of carbonyl (C=O) groups excluding carboxylic acids is 2. The molecule has 2 amide bonds. The van der Waals surface area contributed by atoms with E-state index in [0.717, 1.165) is 5.56 Å². The van der Waals surface area contributed by atoms with Crippen LogP contribution in [-0.2, 0) is 16.0 Å². The number of hydrogen-bond donors (Lipinski definition) is 2. The van der Waals surface area contributed by atoms with Gasteiger partial charge in [0.2, 0.25) is 11.8 Å². The quantitative estimate of drug-likeness (QED) is 0.835. The van der Waals surface area contributed by atoms with E-state index in [1.165, 1.54) is 0 Å². The Labute approximate surface area is 123 Å². The van der Waals surface area contributed by atoms with Crippen molar-refractivity contribution < 1.29 is 19.1 Å². The molecule has 6 heteroatoms. The third-order valence-electron chi connectivity index (χ3n) is 3.09. The molecule has 1 aliphatic rings. The number of benzene rings is 1. The maximum absolute atomic E-state index is 11.9. The van der Waals surface area contributed by atoms with Crippen molar-refractivity contribution in [3.05, 3.63) is 23.8 Å². The van der Waals surface area contributed by atoms with E-state index in [0.29, 0.717) is 31.3 Å². The maximum atomic E-state index is 11.9. The lowest BCUT2D eigenvalue weighted by Crippen LogP contribution is -2.45. The molecule has 0 aromatic heterocycles. The molecule has 0 bridgehead atoms. The van der Waals surface area contributed by atoms with E-state index in [1.54, 1.807) is 19.1 Å². The van der Waals surface area contributed by atoms with Gasteiger partial charge in [0.1, 0.15) is 19.3 Å². The number of hydrogen-bond acceptors (Lipinski definition) is 4. The summed E-state index contributed by atoms with van der Waals surface area (Å²) in [6.07, 6.45) is 0.195. The predicted octanol–water partition coefficient (Wildman–Crippen LogP) is 0.641. The van der Waals surface area contributed by atoms with Crippen molar-refractivity contribution in [3.8, 4) is 11.5 Å². The summed E-state index contributed by atoms with van der Waals surface area (Å²) in [5, 5.41) is 5.34. The van der Waals surface area contributed by atoms with Crippen molar-refractivity contribution >= 4 is 11.8 Å². The summed E-state index contributed by atoms with van der Waals surface area (Å²) in [6.45, 7) is 5.09. The predicted molar refractivity (Wildman–Crippen MR) is 77.4 cm³/mol. The first-order valence-corrected chi connectivity index (χ1v) is 7.05. The van der Waals surface area contributed by atoms with E-state index < -0.39 is 6.04 Å². The summed E-state index contributed by atoms with van der Waals surface area (Å²) in [4.78, 5) is 23.5. The highest BCUT2D eigenvalue weighted by atomic mass is 16.6. The van der Waals surface area contributed by atoms with Gasteiger partial charge in [0.15, 0.2) is 11.5 Å². The second-order valence-corrected chi connectivity index (χ2v) is 4.84. The van der Waals surface area contributed by atoms with E-state index in [9.17, 15) is 9.59 Å². The highest BCUT2D eigenvalue weighted by molar-refractivity contribution is 5.88. The Kier molecular flexibility index (Phi) is 5.03. The fourth-order valence-electron chi connectivity index (χ4n) is 2.07. The first-order valence-electron chi connectivity index (χ1n) is 7.05. The van der Waals surface area contributed by atoms with Gasteiger partial charge in [0.05, 0.1) is 6.42 Å². The summed E-state index contributed by atoms with van der Waals surface area (Å²) < 4.78 is 10.9. The topological polar surface area (TPSA) is 76.7 Å². The average Bonchev–Trinajstić information content (AvgIpc) is 2.47. The number of ether oxygens (including phenoxy) is 2. The van der Waals surface area contributed by atoms with Crippen LogP contribution in [0.2, 0.25) is 0 Å². The van der Waals surface area contributed by atoms with Gasteiger partial charge >= 0.3 is 0 Å². The Balaban J connectivity index is 1.92. The maximum Gasteiger partial charge on any atom is 0.242 e. The first kappa shape index (κ1) is 15.2. The van der Waals surface area contributed by atoms with Crippen LogP contribution in [0.15, 0.2) is 18.2 Å². The van der Waals surface area contributed by atoms with Crippen LogP contribution in [-0.4, -0.2) is 37.6 Å². The number of nitrogens with one attached hydrogen (secondary N) is 2. The summed E-state index contributed by atoms with van der Waals surface area (Å²) in [5.41, 5.74) is 0.819. The van der Waals surface area contributed by atoms with Gasteiger partial charge in [-0.1, -0.05) is 6.07 Å². The van der Waals surface area contributed by atoms with Crippen molar-refractivity contribution in [2.45, 2.75) is 26.3 Å². The van der Waals surface area contributed by atoms with Gasteiger partial charge in [-0.25, -0.2) is 0 Å². The molecule has 0 radical (unpaired) electrons. The standard InChI is InChI=1S/C15H20N2O4/c1-3-16-15(19)10(2)17-14(18)9-11-4-5-12-13(8-11)21-7-6-20-12/h4-5,8,10H,3,6-7,9H2,1-2H3,(H,16,19)(H,17,18). The highest BCUT2D eigenvalue weighted by Crippen LogP contribution is 2.30. The zero-order chi connectivity index (χ0) is 15.2. The summed E-state index contributed by atoms with van der Waals surface area (Å²) in [6, 6.07) is 4.87. The van der Waals surface area contributed by atoms with Crippen molar-refractivity contribution in [1.82, 2.24) is 10.6 Å². The van der Waals surface area contributed by atoms with Crippen LogP contribution in [0.3, 0.4) is 0 Å². The molecule has 0 spiro atoms. The van der Waals surface area contributed by atoms with Gasteiger partial charge in [-0.15, -0.1) is 0 Å². The number of rotatable bonds is 5. The molecule has 0 aliphatic carbocycles. The third kappa shape index (κ3) is 4.11. The van der Waals surface area contributed by atoms with Crippen LogP contribution in [0, 0.1) is 0 Å². The zero-order valence-electron chi connectivity index (χ0n) is 12.3. The molecule has 21 heavy (non-hydrogen) atoms. The molecule has 0 saturated heterocycles. The Bertz CT molecular complexity index is 530. The number of fused-ring (bicyclic) bond motifs is 1. The number of amides is 2. The van der Waals surface area contributed by atoms with Crippen LogP contribution in [0.1, 0.15) is 19.4 Å². The monoisotopic (exact) mass is 292 g/mol. The molecular weight excluding hydrogens is 272 g/mol. The Morgan fingerprint density at radius 3 is 2.67 bits per heavy atom. The SMILES string of the molecule is CCNC(=O)C(C)NC(=O)Cc1ccc2c(c1)OCCO2. The number of likely N-dealkylation sites (N-methyl/N-ethyl adjacent to an activating group) is 1. The van der Waals surface area contributed by atoms with Gasteiger partial charge in [0.25, 0.3) is 0 Å². The third-order valence-corrected chi connectivity index (χ3v) is 3.09. The van der Waals surface area contributed by atoms with Crippen molar-refractivity contribution in [3.63, 3.8) is 0 Å². The van der Waals surface area contributed by atoms with Crippen LogP contribution >= 0.6 is 0 Å². The number of carbonyl (C=O) groups is 2. The first-order chi connectivity index (χ1) is 10.1. The van der Waals surface area contributed by atoms with E-state index in [2.05, 4.69) is 10.6 Å². The second-order valence-electron chi connectivity index (χ2n) is 4.84. The minimum absolute atomic E-state index is 0.187. The molecule has 0 saturated carbocycles. The Hall–Kier alpha value is -2.24. The van der Waals surface area contributed by atoms with E-state index in [1.807, 2.05) is 13.0 Å². The van der Waals surface area contributed by atoms with Crippen LogP contribution in [0.25, 0.3) is 0 Å².